The molecule has 0 aromatic heterocycles. The van der Waals surface area contributed by atoms with E-state index in [1.54, 1.807) is 7.11 Å². The van der Waals surface area contributed by atoms with Gasteiger partial charge in [-0.3, -0.25) is 0 Å². The molecule has 1 fully saturated rings. The highest BCUT2D eigenvalue weighted by molar-refractivity contribution is 5.27. The number of benzene rings is 1. The molecule has 3 heteroatoms. The van der Waals surface area contributed by atoms with Gasteiger partial charge >= 0.3 is 0 Å². The lowest BCUT2D eigenvalue weighted by molar-refractivity contribution is -0.139. The molecule has 0 N–H and O–H groups in total. The van der Waals surface area contributed by atoms with E-state index < -0.39 is 0 Å². The average molecular weight is 264 g/mol. The molecule has 1 heterocycles. The fourth-order valence-corrected chi connectivity index (χ4v) is 2.40. The SMILES string of the molecule is COc1ccc(CCCCC2COC(C)(C)O2)cc1. The van der Waals surface area contributed by atoms with E-state index in [0.29, 0.717) is 0 Å². The van der Waals surface area contributed by atoms with Crippen molar-refractivity contribution in [2.45, 2.75) is 51.4 Å². The largest absolute Gasteiger partial charge is 0.497 e. The van der Waals surface area contributed by atoms with Crippen LogP contribution in [0.2, 0.25) is 0 Å². The van der Waals surface area contributed by atoms with Crippen molar-refractivity contribution in [1.29, 1.82) is 0 Å². The summed E-state index contributed by atoms with van der Waals surface area (Å²) in [6, 6.07) is 8.31. The molecule has 0 saturated carbocycles. The summed E-state index contributed by atoms with van der Waals surface area (Å²) in [5.74, 6) is 0.531. The fraction of sp³-hybridized carbons (Fsp3) is 0.625. The van der Waals surface area contributed by atoms with Gasteiger partial charge in [0.15, 0.2) is 5.79 Å². The topological polar surface area (TPSA) is 27.7 Å². The van der Waals surface area contributed by atoms with Gasteiger partial charge in [-0.1, -0.05) is 18.6 Å². The smallest absolute Gasteiger partial charge is 0.163 e. The van der Waals surface area contributed by atoms with Crippen LogP contribution in [0, 0.1) is 0 Å². The molecule has 0 spiro atoms. The average Bonchev–Trinajstić information content (AvgIpc) is 2.75. The number of aryl methyl sites for hydroxylation is 1. The molecule has 1 aromatic rings. The van der Waals surface area contributed by atoms with E-state index in [9.17, 15) is 0 Å². The van der Waals surface area contributed by atoms with Crippen molar-refractivity contribution in [2.24, 2.45) is 0 Å². The van der Waals surface area contributed by atoms with E-state index in [1.165, 1.54) is 18.4 Å². The summed E-state index contributed by atoms with van der Waals surface area (Å²) in [6.45, 7) is 4.68. The Morgan fingerprint density at radius 3 is 2.53 bits per heavy atom. The predicted octanol–water partition coefficient (Wildman–Crippen LogP) is 3.56. The number of unbranched alkanes of at least 4 members (excludes halogenated alkanes) is 1. The minimum Gasteiger partial charge on any atom is -0.497 e. The second-order valence-electron chi connectivity index (χ2n) is 5.54. The van der Waals surface area contributed by atoms with Gasteiger partial charge in [-0.15, -0.1) is 0 Å². The van der Waals surface area contributed by atoms with E-state index in [-0.39, 0.29) is 11.9 Å². The van der Waals surface area contributed by atoms with Crippen molar-refractivity contribution < 1.29 is 14.2 Å². The Hall–Kier alpha value is -1.06. The third-order valence-corrected chi connectivity index (χ3v) is 3.47. The summed E-state index contributed by atoms with van der Waals surface area (Å²) >= 11 is 0. The van der Waals surface area contributed by atoms with E-state index in [1.807, 2.05) is 26.0 Å². The standard InChI is InChI=1S/C16H24O3/c1-16(2)18-12-15(19-16)7-5-4-6-13-8-10-14(17-3)11-9-13/h8-11,15H,4-7,12H2,1-3H3. The third-order valence-electron chi connectivity index (χ3n) is 3.47. The minimum atomic E-state index is -0.388. The minimum absolute atomic E-state index is 0.269. The van der Waals surface area contributed by atoms with Crippen LogP contribution in [-0.2, 0) is 15.9 Å². The Balaban J connectivity index is 1.64. The lowest BCUT2D eigenvalue weighted by atomic mass is 10.1. The molecule has 0 aliphatic carbocycles. The first-order chi connectivity index (χ1) is 9.09. The highest BCUT2D eigenvalue weighted by Gasteiger charge is 2.31. The van der Waals surface area contributed by atoms with Gasteiger partial charge in [-0.25, -0.2) is 0 Å². The quantitative estimate of drug-likeness (QED) is 0.735. The maximum Gasteiger partial charge on any atom is 0.163 e. The first kappa shape index (κ1) is 14.4. The lowest BCUT2D eigenvalue weighted by Crippen LogP contribution is -2.21. The van der Waals surface area contributed by atoms with Crippen molar-refractivity contribution in [3.05, 3.63) is 29.8 Å². The zero-order valence-corrected chi connectivity index (χ0v) is 12.1. The van der Waals surface area contributed by atoms with E-state index in [0.717, 1.165) is 25.2 Å². The van der Waals surface area contributed by atoms with Gasteiger partial charge < -0.3 is 14.2 Å². The maximum absolute atomic E-state index is 5.79. The number of hydrogen-bond donors (Lipinski definition) is 0. The van der Waals surface area contributed by atoms with Gasteiger partial charge in [-0.05, 0) is 50.8 Å². The number of hydrogen-bond acceptors (Lipinski definition) is 3. The van der Waals surface area contributed by atoms with Crippen LogP contribution in [0.3, 0.4) is 0 Å². The summed E-state index contributed by atoms with van der Waals surface area (Å²) in [6.07, 6.45) is 4.83. The van der Waals surface area contributed by atoms with Crippen LogP contribution in [0.1, 0.15) is 38.7 Å². The van der Waals surface area contributed by atoms with Crippen LogP contribution in [0.25, 0.3) is 0 Å². The molecule has 3 nitrogen and oxygen atoms in total. The first-order valence-electron chi connectivity index (χ1n) is 7.04. The Bertz CT molecular complexity index is 383. The van der Waals surface area contributed by atoms with Crippen LogP contribution in [-0.4, -0.2) is 25.6 Å². The van der Waals surface area contributed by atoms with Gasteiger partial charge in [0.05, 0.1) is 19.8 Å². The molecular weight excluding hydrogens is 240 g/mol. The van der Waals surface area contributed by atoms with Crippen molar-refractivity contribution in [1.82, 2.24) is 0 Å². The molecule has 2 rings (SSSR count). The van der Waals surface area contributed by atoms with E-state index in [4.69, 9.17) is 14.2 Å². The number of methoxy groups -OCH3 is 1. The molecule has 1 aromatic carbocycles. The zero-order chi connectivity index (χ0) is 13.7. The summed E-state index contributed by atoms with van der Waals surface area (Å²) < 4.78 is 16.5. The second kappa shape index (κ2) is 6.40. The second-order valence-corrected chi connectivity index (χ2v) is 5.54. The molecule has 19 heavy (non-hydrogen) atoms. The van der Waals surface area contributed by atoms with Crippen molar-refractivity contribution >= 4 is 0 Å². The molecule has 0 amide bonds. The summed E-state index contributed by atoms with van der Waals surface area (Å²) in [4.78, 5) is 0. The Morgan fingerprint density at radius 1 is 1.21 bits per heavy atom. The zero-order valence-electron chi connectivity index (χ0n) is 12.1. The Morgan fingerprint density at radius 2 is 1.95 bits per heavy atom. The van der Waals surface area contributed by atoms with Crippen LogP contribution < -0.4 is 4.74 Å². The van der Waals surface area contributed by atoms with E-state index >= 15 is 0 Å². The van der Waals surface area contributed by atoms with E-state index in [2.05, 4.69) is 12.1 Å². The molecule has 0 bridgehead atoms. The molecule has 1 saturated heterocycles. The first-order valence-corrected chi connectivity index (χ1v) is 7.04. The predicted molar refractivity (Wildman–Crippen MR) is 75.5 cm³/mol. The summed E-state index contributed by atoms with van der Waals surface area (Å²) in [5, 5.41) is 0. The fourth-order valence-electron chi connectivity index (χ4n) is 2.40. The van der Waals surface area contributed by atoms with Crippen LogP contribution in [0.15, 0.2) is 24.3 Å². The van der Waals surface area contributed by atoms with Crippen LogP contribution >= 0.6 is 0 Å². The number of ether oxygens (including phenoxy) is 3. The van der Waals surface area contributed by atoms with Crippen molar-refractivity contribution in [2.75, 3.05) is 13.7 Å². The molecule has 1 aliphatic heterocycles. The molecule has 1 atom stereocenters. The normalized spacial score (nSPS) is 21.5. The van der Waals surface area contributed by atoms with Crippen molar-refractivity contribution in [3.63, 3.8) is 0 Å². The third kappa shape index (κ3) is 4.51. The highest BCUT2D eigenvalue weighted by Crippen LogP contribution is 2.25. The van der Waals surface area contributed by atoms with Gasteiger partial charge in [0, 0.05) is 0 Å². The molecule has 1 unspecified atom stereocenters. The highest BCUT2D eigenvalue weighted by atomic mass is 16.7. The molecule has 1 aliphatic rings. The lowest BCUT2D eigenvalue weighted by Gasteiger charge is -2.16. The molecular formula is C16H24O3. The van der Waals surface area contributed by atoms with Crippen molar-refractivity contribution in [3.8, 4) is 5.75 Å². The van der Waals surface area contributed by atoms with Gasteiger partial charge in [0.25, 0.3) is 0 Å². The Labute approximate surface area is 115 Å². The summed E-state index contributed by atoms with van der Waals surface area (Å²) in [5.41, 5.74) is 1.37. The monoisotopic (exact) mass is 264 g/mol. The maximum atomic E-state index is 5.79. The van der Waals surface area contributed by atoms with Gasteiger partial charge in [0.2, 0.25) is 0 Å². The molecule has 0 radical (unpaired) electrons. The Kier molecular flexibility index (Phi) is 4.83. The van der Waals surface area contributed by atoms with Crippen LogP contribution in [0.5, 0.6) is 5.75 Å². The van der Waals surface area contributed by atoms with Gasteiger partial charge in [-0.2, -0.15) is 0 Å². The van der Waals surface area contributed by atoms with Gasteiger partial charge in [0.1, 0.15) is 5.75 Å². The number of rotatable bonds is 6. The summed E-state index contributed by atoms with van der Waals surface area (Å²) in [7, 11) is 1.69. The van der Waals surface area contributed by atoms with Crippen LogP contribution in [0.4, 0.5) is 0 Å². The molecule has 106 valence electrons.